The van der Waals surface area contributed by atoms with E-state index in [2.05, 4.69) is 21.5 Å². The number of methoxy groups -OCH3 is 1. The molecule has 158 valence electrons. The Labute approximate surface area is 180 Å². The first-order valence-corrected chi connectivity index (χ1v) is 9.60. The Hall–Kier alpha value is -3.46. The third-order valence-corrected chi connectivity index (χ3v) is 4.47. The van der Waals surface area contributed by atoms with E-state index in [4.69, 9.17) is 17.0 Å². The Morgan fingerprint density at radius 3 is 2.20 bits per heavy atom. The van der Waals surface area contributed by atoms with Crippen LogP contribution in [0.1, 0.15) is 34.3 Å². The number of amides is 3. The third kappa shape index (κ3) is 7.17. The van der Waals surface area contributed by atoms with Crippen molar-refractivity contribution < 1.29 is 19.1 Å². The molecule has 0 aliphatic heterocycles. The van der Waals surface area contributed by atoms with E-state index in [1.807, 2.05) is 32.0 Å². The van der Waals surface area contributed by atoms with Crippen LogP contribution >= 0.6 is 12.2 Å². The van der Waals surface area contributed by atoms with Crippen LogP contribution < -0.4 is 26.2 Å². The van der Waals surface area contributed by atoms with Crippen molar-refractivity contribution in [2.45, 2.75) is 26.7 Å². The first kappa shape index (κ1) is 22.8. The fourth-order valence-electron chi connectivity index (χ4n) is 2.41. The second kappa shape index (κ2) is 10.9. The monoisotopic (exact) mass is 428 g/mol. The number of aryl methyl sites for hydroxylation is 2. The number of carbonyl (C=O) groups excluding carboxylic acids is 3. The van der Waals surface area contributed by atoms with Crippen molar-refractivity contribution in [2.75, 3.05) is 12.4 Å². The van der Waals surface area contributed by atoms with E-state index < -0.39 is 11.8 Å². The maximum Gasteiger partial charge on any atom is 0.257 e. The molecule has 8 nitrogen and oxygen atoms in total. The van der Waals surface area contributed by atoms with Gasteiger partial charge in [-0.25, -0.2) is 0 Å². The van der Waals surface area contributed by atoms with Crippen LogP contribution in [0.3, 0.4) is 0 Å². The molecule has 3 amide bonds. The minimum atomic E-state index is -0.439. The Morgan fingerprint density at radius 2 is 1.57 bits per heavy atom. The van der Waals surface area contributed by atoms with Gasteiger partial charge in [0.2, 0.25) is 11.8 Å². The van der Waals surface area contributed by atoms with Gasteiger partial charge in [-0.1, -0.05) is 6.07 Å². The molecule has 30 heavy (non-hydrogen) atoms. The van der Waals surface area contributed by atoms with Crippen molar-refractivity contribution in [3.05, 3.63) is 59.2 Å². The van der Waals surface area contributed by atoms with Crippen molar-refractivity contribution in [2.24, 2.45) is 0 Å². The van der Waals surface area contributed by atoms with E-state index >= 15 is 0 Å². The molecule has 4 N–H and O–H groups in total. The van der Waals surface area contributed by atoms with Gasteiger partial charge in [-0.3, -0.25) is 30.6 Å². The number of hydrazine groups is 1. The lowest BCUT2D eigenvalue weighted by molar-refractivity contribution is -0.124. The van der Waals surface area contributed by atoms with Crippen molar-refractivity contribution in [3.8, 4) is 5.75 Å². The maximum atomic E-state index is 12.1. The molecule has 2 rings (SSSR count). The number of thiocarbonyl (C=S) groups is 1. The first-order valence-electron chi connectivity index (χ1n) is 9.20. The first-order chi connectivity index (χ1) is 14.3. The lowest BCUT2D eigenvalue weighted by Crippen LogP contribution is -2.48. The topological polar surface area (TPSA) is 109 Å². The van der Waals surface area contributed by atoms with E-state index in [9.17, 15) is 14.4 Å². The van der Waals surface area contributed by atoms with Gasteiger partial charge in [0.15, 0.2) is 5.11 Å². The number of anilines is 1. The third-order valence-electron chi connectivity index (χ3n) is 4.26. The Bertz CT molecular complexity index is 945. The number of hydrogen-bond acceptors (Lipinski definition) is 5. The molecule has 0 saturated heterocycles. The second-order valence-electron chi connectivity index (χ2n) is 6.53. The van der Waals surface area contributed by atoms with Crippen LogP contribution in [0.2, 0.25) is 0 Å². The molecule has 0 heterocycles. The number of rotatable bonds is 6. The Morgan fingerprint density at radius 1 is 0.900 bits per heavy atom. The average Bonchev–Trinajstić information content (AvgIpc) is 2.73. The molecular formula is C21H24N4O4S. The summed E-state index contributed by atoms with van der Waals surface area (Å²) in [6.45, 7) is 3.95. The van der Waals surface area contributed by atoms with Gasteiger partial charge in [-0.15, -0.1) is 0 Å². The molecule has 2 aromatic rings. The molecule has 0 aliphatic rings. The Balaban J connectivity index is 1.70. The quantitative estimate of drug-likeness (QED) is 0.416. The highest BCUT2D eigenvalue weighted by molar-refractivity contribution is 7.80. The van der Waals surface area contributed by atoms with Gasteiger partial charge in [-0.2, -0.15) is 0 Å². The summed E-state index contributed by atoms with van der Waals surface area (Å²) in [5, 5.41) is 5.13. The molecule has 9 heteroatoms. The van der Waals surface area contributed by atoms with Gasteiger partial charge in [0.1, 0.15) is 5.75 Å². The van der Waals surface area contributed by atoms with Crippen LogP contribution in [0.15, 0.2) is 42.5 Å². The molecule has 0 aliphatic carbocycles. The molecule has 0 bridgehead atoms. The molecule has 2 aromatic carbocycles. The van der Waals surface area contributed by atoms with Crippen LogP contribution in [0.4, 0.5) is 5.69 Å². The highest BCUT2D eigenvalue weighted by Gasteiger charge is 2.10. The zero-order valence-corrected chi connectivity index (χ0v) is 17.8. The molecule has 0 radical (unpaired) electrons. The predicted molar refractivity (Wildman–Crippen MR) is 118 cm³/mol. The van der Waals surface area contributed by atoms with E-state index in [0.29, 0.717) is 17.0 Å². The zero-order chi connectivity index (χ0) is 22.1. The summed E-state index contributed by atoms with van der Waals surface area (Å²) < 4.78 is 5.03. The van der Waals surface area contributed by atoms with Crippen LogP contribution in [-0.4, -0.2) is 29.9 Å². The summed E-state index contributed by atoms with van der Waals surface area (Å²) in [6.07, 6.45) is -0.0376. The van der Waals surface area contributed by atoms with Crippen molar-refractivity contribution in [3.63, 3.8) is 0 Å². The van der Waals surface area contributed by atoms with Gasteiger partial charge in [-0.05, 0) is 73.6 Å². The minimum absolute atomic E-state index is 0.00536. The van der Waals surface area contributed by atoms with Gasteiger partial charge < -0.3 is 10.1 Å². The van der Waals surface area contributed by atoms with Crippen LogP contribution in [0.25, 0.3) is 0 Å². The molecule has 0 unspecified atom stereocenters. The smallest absolute Gasteiger partial charge is 0.257 e. The van der Waals surface area contributed by atoms with Crippen molar-refractivity contribution in [1.29, 1.82) is 0 Å². The molecule has 0 spiro atoms. The lowest BCUT2D eigenvalue weighted by atomic mass is 10.1. The summed E-state index contributed by atoms with van der Waals surface area (Å²) in [4.78, 5) is 36.0. The Kier molecular flexibility index (Phi) is 8.30. The van der Waals surface area contributed by atoms with Crippen molar-refractivity contribution >= 4 is 40.7 Å². The SMILES string of the molecule is COc1ccc(C(=O)NC(=S)NNC(=O)CCC(=O)Nc2ccc(C)c(C)c2)cc1. The van der Waals surface area contributed by atoms with E-state index in [0.717, 1.165) is 11.1 Å². The number of benzene rings is 2. The van der Waals surface area contributed by atoms with E-state index in [1.54, 1.807) is 24.3 Å². The van der Waals surface area contributed by atoms with Crippen LogP contribution in [0.5, 0.6) is 5.75 Å². The van der Waals surface area contributed by atoms with E-state index in [-0.39, 0.29) is 23.9 Å². The average molecular weight is 429 g/mol. The summed E-state index contributed by atoms with van der Waals surface area (Å²) in [5.41, 5.74) is 8.05. The molecule has 0 saturated carbocycles. The zero-order valence-electron chi connectivity index (χ0n) is 17.0. The van der Waals surface area contributed by atoms with Crippen molar-refractivity contribution in [1.82, 2.24) is 16.2 Å². The van der Waals surface area contributed by atoms with Crippen LogP contribution in [-0.2, 0) is 9.59 Å². The van der Waals surface area contributed by atoms with Gasteiger partial charge >= 0.3 is 0 Å². The minimum Gasteiger partial charge on any atom is -0.497 e. The number of hydrogen-bond donors (Lipinski definition) is 4. The number of nitrogens with one attached hydrogen (secondary N) is 4. The van der Waals surface area contributed by atoms with Gasteiger partial charge in [0, 0.05) is 24.1 Å². The van der Waals surface area contributed by atoms with E-state index in [1.165, 1.54) is 7.11 Å². The van der Waals surface area contributed by atoms with Gasteiger partial charge in [0.05, 0.1) is 7.11 Å². The fraction of sp³-hybridized carbons (Fsp3) is 0.238. The molecule has 0 aromatic heterocycles. The number of carbonyl (C=O) groups is 3. The highest BCUT2D eigenvalue weighted by Crippen LogP contribution is 2.14. The fourth-order valence-corrected chi connectivity index (χ4v) is 2.55. The summed E-state index contributed by atoms with van der Waals surface area (Å²) >= 11 is 4.98. The highest BCUT2D eigenvalue weighted by atomic mass is 32.1. The molecular weight excluding hydrogens is 404 g/mol. The summed E-state index contributed by atoms with van der Waals surface area (Å²) in [7, 11) is 1.53. The second-order valence-corrected chi connectivity index (χ2v) is 6.94. The number of ether oxygens (including phenoxy) is 1. The largest absolute Gasteiger partial charge is 0.497 e. The summed E-state index contributed by atoms with van der Waals surface area (Å²) in [5.74, 6) is -0.520. The maximum absolute atomic E-state index is 12.1. The van der Waals surface area contributed by atoms with Crippen LogP contribution in [0, 0.1) is 13.8 Å². The lowest BCUT2D eigenvalue weighted by Gasteiger charge is -2.11. The molecule has 0 fully saturated rings. The predicted octanol–water partition coefficient (Wildman–Crippen LogP) is 2.37. The molecule has 0 atom stereocenters. The summed E-state index contributed by atoms with van der Waals surface area (Å²) in [6, 6.07) is 12.1. The standard InChI is InChI=1S/C21H24N4O4S/c1-13-4-7-16(12-14(13)2)22-18(26)10-11-19(27)24-25-21(30)23-20(28)15-5-8-17(29-3)9-6-15/h4-9,12H,10-11H2,1-3H3,(H,22,26)(H,24,27)(H2,23,25,28,30). The normalized spacial score (nSPS) is 9.97. The van der Waals surface area contributed by atoms with Gasteiger partial charge in [0.25, 0.3) is 5.91 Å².